The molecule has 0 amide bonds. The van der Waals surface area contributed by atoms with E-state index in [0.717, 1.165) is 19.2 Å². The van der Waals surface area contributed by atoms with Crippen molar-refractivity contribution in [1.29, 1.82) is 0 Å². The van der Waals surface area contributed by atoms with Gasteiger partial charge in [-0.05, 0) is 18.2 Å². The van der Waals surface area contributed by atoms with Crippen molar-refractivity contribution in [2.45, 2.75) is 6.18 Å². The van der Waals surface area contributed by atoms with E-state index in [0.29, 0.717) is 18.2 Å². The van der Waals surface area contributed by atoms with Crippen LogP contribution in [0.4, 0.5) is 18.9 Å². The van der Waals surface area contributed by atoms with Gasteiger partial charge in [0.15, 0.2) is 0 Å². The van der Waals surface area contributed by atoms with Crippen LogP contribution >= 0.6 is 11.6 Å². The third kappa shape index (κ3) is 3.04. The lowest BCUT2D eigenvalue weighted by atomic mass is 10.0. The van der Waals surface area contributed by atoms with Crippen LogP contribution in [0.25, 0.3) is 0 Å². The van der Waals surface area contributed by atoms with Crippen LogP contribution < -0.4 is 10.6 Å². The molecule has 94 valence electrons. The second kappa shape index (κ2) is 4.74. The van der Waals surface area contributed by atoms with Gasteiger partial charge in [0.1, 0.15) is 0 Å². The maximum absolute atomic E-state index is 12.6. The minimum Gasteiger partial charge on any atom is -0.385 e. The number of hydrogen-bond donors (Lipinski definition) is 2. The van der Waals surface area contributed by atoms with E-state index in [9.17, 15) is 13.2 Å². The fourth-order valence-electron chi connectivity index (χ4n) is 1.61. The summed E-state index contributed by atoms with van der Waals surface area (Å²) in [7, 11) is 0. The van der Waals surface area contributed by atoms with Crippen molar-refractivity contribution in [3.05, 3.63) is 28.8 Å². The summed E-state index contributed by atoms with van der Waals surface area (Å²) in [6.45, 7) is 2.49. The Kier molecular flexibility index (Phi) is 3.49. The highest BCUT2D eigenvalue weighted by Gasteiger charge is 2.33. The standard InChI is InChI=1S/C11H12ClF3N2/c12-10-2-1-8(3-9(10)11(13,14)15)17-6-7-4-16-5-7/h1-3,7,16-17H,4-6H2. The zero-order valence-corrected chi connectivity index (χ0v) is 9.70. The van der Waals surface area contributed by atoms with Gasteiger partial charge in [0, 0.05) is 31.2 Å². The average molecular weight is 265 g/mol. The van der Waals surface area contributed by atoms with Crippen LogP contribution in [-0.4, -0.2) is 19.6 Å². The van der Waals surface area contributed by atoms with E-state index in [2.05, 4.69) is 10.6 Å². The second-order valence-corrected chi connectivity index (χ2v) is 4.50. The summed E-state index contributed by atoms with van der Waals surface area (Å²) in [5, 5.41) is 5.82. The molecule has 0 radical (unpaired) electrons. The van der Waals surface area contributed by atoms with Crippen LogP contribution in [0.1, 0.15) is 5.56 Å². The summed E-state index contributed by atoms with van der Waals surface area (Å²) in [6, 6.07) is 3.88. The normalized spacial score (nSPS) is 16.7. The van der Waals surface area contributed by atoms with Gasteiger partial charge in [-0.1, -0.05) is 11.6 Å². The zero-order valence-electron chi connectivity index (χ0n) is 8.94. The molecule has 0 bridgehead atoms. The Bertz CT molecular complexity index is 402. The molecular formula is C11H12ClF3N2. The minimum absolute atomic E-state index is 0.270. The molecule has 1 aliphatic rings. The smallest absolute Gasteiger partial charge is 0.385 e. The fraction of sp³-hybridized carbons (Fsp3) is 0.455. The highest BCUT2D eigenvalue weighted by molar-refractivity contribution is 6.31. The van der Waals surface area contributed by atoms with Crippen molar-refractivity contribution in [2.24, 2.45) is 5.92 Å². The third-order valence-corrected chi connectivity index (χ3v) is 3.06. The molecule has 2 rings (SSSR count). The van der Waals surface area contributed by atoms with Crippen LogP contribution in [0.5, 0.6) is 0 Å². The van der Waals surface area contributed by atoms with E-state index in [1.807, 2.05) is 0 Å². The Hall–Kier alpha value is -0.940. The predicted molar refractivity (Wildman–Crippen MR) is 61.3 cm³/mol. The van der Waals surface area contributed by atoms with E-state index >= 15 is 0 Å². The highest BCUT2D eigenvalue weighted by atomic mass is 35.5. The molecule has 1 aliphatic heterocycles. The average Bonchev–Trinajstić information content (AvgIpc) is 2.16. The van der Waals surface area contributed by atoms with E-state index in [1.165, 1.54) is 6.07 Å². The molecule has 2 nitrogen and oxygen atoms in total. The number of alkyl halides is 3. The van der Waals surface area contributed by atoms with Gasteiger partial charge in [0.05, 0.1) is 10.6 Å². The molecule has 0 atom stereocenters. The molecule has 6 heteroatoms. The predicted octanol–water partition coefficient (Wildman–Crippen LogP) is 2.99. The third-order valence-electron chi connectivity index (χ3n) is 2.73. The first-order chi connectivity index (χ1) is 7.97. The lowest BCUT2D eigenvalue weighted by Crippen LogP contribution is -2.45. The quantitative estimate of drug-likeness (QED) is 0.877. The van der Waals surface area contributed by atoms with Crippen molar-refractivity contribution >= 4 is 17.3 Å². The summed E-state index contributed by atoms with van der Waals surface area (Å²) in [5.41, 5.74) is -0.343. The highest BCUT2D eigenvalue weighted by Crippen LogP contribution is 2.36. The summed E-state index contributed by atoms with van der Waals surface area (Å²) < 4.78 is 37.7. The lowest BCUT2D eigenvalue weighted by Gasteiger charge is -2.27. The first kappa shape index (κ1) is 12.5. The molecule has 0 spiro atoms. The van der Waals surface area contributed by atoms with Gasteiger partial charge in [-0.25, -0.2) is 0 Å². The number of hydrogen-bond acceptors (Lipinski definition) is 2. The number of halogens is 4. The molecule has 1 aromatic rings. The Morgan fingerprint density at radius 1 is 1.35 bits per heavy atom. The van der Waals surface area contributed by atoms with Crippen molar-refractivity contribution in [2.75, 3.05) is 25.0 Å². The largest absolute Gasteiger partial charge is 0.417 e. The van der Waals surface area contributed by atoms with Crippen molar-refractivity contribution < 1.29 is 13.2 Å². The van der Waals surface area contributed by atoms with Gasteiger partial charge in [-0.15, -0.1) is 0 Å². The molecule has 17 heavy (non-hydrogen) atoms. The topological polar surface area (TPSA) is 24.1 Å². The van der Waals surface area contributed by atoms with Crippen LogP contribution in [0.2, 0.25) is 5.02 Å². The second-order valence-electron chi connectivity index (χ2n) is 4.10. The fourth-order valence-corrected chi connectivity index (χ4v) is 1.83. The van der Waals surface area contributed by atoms with Gasteiger partial charge in [-0.3, -0.25) is 0 Å². The van der Waals surface area contributed by atoms with Crippen LogP contribution in [0.15, 0.2) is 18.2 Å². The monoisotopic (exact) mass is 264 g/mol. The van der Waals surface area contributed by atoms with E-state index in [4.69, 9.17) is 11.6 Å². The van der Waals surface area contributed by atoms with Gasteiger partial charge in [0.2, 0.25) is 0 Å². The van der Waals surface area contributed by atoms with Gasteiger partial charge in [0.25, 0.3) is 0 Å². The molecule has 1 fully saturated rings. The Morgan fingerprint density at radius 2 is 2.06 bits per heavy atom. The number of rotatable bonds is 3. The molecule has 1 saturated heterocycles. The molecule has 0 aromatic heterocycles. The molecular weight excluding hydrogens is 253 g/mol. The number of nitrogens with one attached hydrogen (secondary N) is 2. The number of anilines is 1. The van der Waals surface area contributed by atoms with Crippen molar-refractivity contribution in [1.82, 2.24) is 5.32 Å². The Morgan fingerprint density at radius 3 is 2.59 bits per heavy atom. The maximum atomic E-state index is 12.6. The molecule has 1 aromatic carbocycles. The van der Waals surface area contributed by atoms with Crippen LogP contribution in [0.3, 0.4) is 0 Å². The molecule has 0 aliphatic carbocycles. The van der Waals surface area contributed by atoms with Gasteiger partial charge < -0.3 is 10.6 Å². The molecule has 2 N–H and O–H groups in total. The summed E-state index contributed by atoms with van der Waals surface area (Å²) in [6.07, 6.45) is -4.41. The van der Waals surface area contributed by atoms with Gasteiger partial charge in [-0.2, -0.15) is 13.2 Å². The van der Waals surface area contributed by atoms with Gasteiger partial charge >= 0.3 is 6.18 Å². The summed E-state index contributed by atoms with van der Waals surface area (Å²) >= 11 is 5.52. The van der Waals surface area contributed by atoms with E-state index in [1.54, 1.807) is 6.07 Å². The van der Waals surface area contributed by atoms with Crippen molar-refractivity contribution in [3.8, 4) is 0 Å². The van der Waals surface area contributed by atoms with Crippen LogP contribution in [0, 0.1) is 5.92 Å². The van der Waals surface area contributed by atoms with E-state index in [-0.39, 0.29) is 5.02 Å². The molecule has 1 heterocycles. The Labute approximate surface area is 102 Å². The summed E-state index contributed by atoms with van der Waals surface area (Å²) in [5.74, 6) is 0.486. The SMILES string of the molecule is FC(F)(F)c1cc(NCC2CNC2)ccc1Cl. The summed E-state index contributed by atoms with van der Waals surface area (Å²) in [4.78, 5) is 0. The molecule has 0 unspecified atom stereocenters. The number of benzene rings is 1. The van der Waals surface area contributed by atoms with Crippen LogP contribution in [-0.2, 0) is 6.18 Å². The minimum atomic E-state index is -4.41. The first-order valence-corrected chi connectivity index (χ1v) is 5.66. The Balaban J connectivity index is 2.07. The molecule has 0 saturated carbocycles. The van der Waals surface area contributed by atoms with Crippen molar-refractivity contribution in [3.63, 3.8) is 0 Å². The first-order valence-electron chi connectivity index (χ1n) is 5.28. The van der Waals surface area contributed by atoms with E-state index < -0.39 is 11.7 Å². The maximum Gasteiger partial charge on any atom is 0.417 e. The zero-order chi connectivity index (χ0) is 12.5. The lowest BCUT2D eigenvalue weighted by molar-refractivity contribution is -0.137.